The molecular formula is C12H24N6O. The molecule has 0 saturated heterocycles. The van der Waals surface area contributed by atoms with Crippen LogP contribution in [0.5, 0.6) is 0 Å². The van der Waals surface area contributed by atoms with Crippen LogP contribution in [0.3, 0.4) is 0 Å². The van der Waals surface area contributed by atoms with Gasteiger partial charge in [0, 0.05) is 32.5 Å². The van der Waals surface area contributed by atoms with Crippen molar-refractivity contribution in [2.75, 3.05) is 26.3 Å². The van der Waals surface area contributed by atoms with E-state index in [1.165, 1.54) is 0 Å². The van der Waals surface area contributed by atoms with Crippen LogP contribution in [0.25, 0.3) is 0 Å². The van der Waals surface area contributed by atoms with Crippen molar-refractivity contribution in [1.82, 2.24) is 20.5 Å². The van der Waals surface area contributed by atoms with Gasteiger partial charge in [-0.2, -0.15) is 5.10 Å². The molecule has 108 valence electrons. The van der Waals surface area contributed by atoms with E-state index in [2.05, 4.69) is 20.8 Å². The maximum absolute atomic E-state index is 5.40. The number of guanidine groups is 1. The molecule has 0 saturated carbocycles. The molecule has 1 heterocycles. The molecule has 0 aliphatic rings. The summed E-state index contributed by atoms with van der Waals surface area (Å²) in [4.78, 5) is 4.31. The van der Waals surface area contributed by atoms with E-state index in [4.69, 9.17) is 10.6 Å². The standard InChI is InChI=1S/C12H24N6O/c1-3-19-8-4-5-14-12(17-13)15-6-7-18-10-11(2)9-16-18/h9-10H,3-8,13H2,1-2H3,(H2,14,15,17). The Labute approximate surface area is 114 Å². The number of rotatable bonds is 8. The summed E-state index contributed by atoms with van der Waals surface area (Å²) in [5, 5.41) is 7.33. The molecule has 4 N–H and O–H groups in total. The predicted molar refractivity (Wildman–Crippen MR) is 75.7 cm³/mol. The molecule has 0 unspecified atom stereocenters. The Morgan fingerprint density at radius 2 is 2.42 bits per heavy atom. The van der Waals surface area contributed by atoms with Crippen molar-refractivity contribution in [1.29, 1.82) is 0 Å². The lowest BCUT2D eigenvalue weighted by atomic mass is 10.4. The highest BCUT2D eigenvalue weighted by atomic mass is 16.5. The van der Waals surface area contributed by atoms with Crippen LogP contribution in [0.15, 0.2) is 17.4 Å². The first-order chi connectivity index (χ1) is 9.26. The van der Waals surface area contributed by atoms with Crippen LogP contribution in [0.2, 0.25) is 0 Å². The second-order valence-corrected chi connectivity index (χ2v) is 4.13. The van der Waals surface area contributed by atoms with Crippen molar-refractivity contribution in [2.24, 2.45) is 10.8 Å². The van der Waals surface area contributed by atoms with E-state index >= 15 is 0 Å². The molecule has 0 aromatic carbocycles. The summed E-state index contributed by atoms with van der Waals surface area (Å²) in [6, 6.07) is 0. The van der Waals surface area contributed by atoms with E-state index in [1.807, 2.05) is 30.9 Å². The van der Waals surface area contributed by atoms with E-state index in [1.54, 1.807) is 0 Å². The normalized spacial score (nSPS) is 11.6. The minimum Gasteiger partial charge on any atom is -0.382 e. The fourth-order valence-corrected chi connectivity index (χ4v) is 1.53. The number of ether oxygens (including phenoxy) is 1. The minimum atomic E-state index is 0.598. The molecule has 7 nitrogen and oxygen atoms in total. The molecule has 0 bridgehead atoms. The largest absolute Gasteiger partial charge is 0.382 e. The lowest BCUT2D eigenvalue weighted by Crippen LogP contribution is -2.42. The molecule has 19 heavy (non-hydrogen) atoms. The summed E-state index contributed by atoms with van der Waals surface area (Å²) in [6.07, 6.45) is 4.72. The maximum atomic E-state index is 5.40. The number of hydrogen-bond donors (Lipinski definition) is 3. The van der Waals surface area contributed by atoms with Gasteiger partial charge >= 0.3 is 0 Å². The topological polar surface area (TPSA) is 89.5 Å². The first-order valence-electron chi connectivity index (χ1n) is 6.58. The zero-order valence-electron chi connectivity index (χ0n) is 11.7. The summed E-state index contributed by atoms with van der Waals surface area (Å²) in [5.74, 6) is 6.00. The summed E-state index contributed by atoms with van der Waals surface area (Å²) in [7, 11) is 0. The molecule has 0 amide bonds. The summed E-state index contributed by atoms with van der Waals surface area (Å²) in [5.41, 5.74) is 3.71. The monoisotopic (exact) mass is 268 g/mol. The van der Waals surface area contributed by atoms with Crippen LogP contribution in [0.4, 0.5) is 0 Å². The third-order valence-corrected chi connectivity index (χ3v) is 2.45. The number of aryl methyl sites for hydroxylation is 1. The highest BCUT2D eigenvalue weighted by Gasteiger charge is 1.97. The van der Waals surface area contributed by atoms with Gasteiger partial charge in [0.2, 0.25) is 5.96 Å². The first kappa shape index (κ1) is 15.5. The van der Waals surface area contributed by atoms with Gasteiger partial charge in [0.1, 0.15) is 0 Å². The first-order valence-corrected chi connectivity index (χ1v) is 6.58. The van der Waals surface area contributed by atoms with Gasteiger partial charge in [-0.1, -0.05) is 0 Å². The van der Waals surface area contributed by atoms with Gasteiger partial charge in [0.25, 0.3) is 0 Å². The second kappa shape index (κ2) is 9.35. The fraction of sp³-hybridized carbons (Fsp3) is 0.667. The van der Waals surface area contributed by atoms with Crippen LogP contribution in [-0.2, 0) is 11.3 Å². The summed E-state index contributed by atoms with van der Waals surface area (Å²) >= 11 is 0. The number of hydrazine groups is 1. The van der Waals surface area contributed by atoms with Crippen LogP contribution < -0.4 is 16.6 Å². The highest BCUT2D eigenvalue weighted by Crippen LogP contribution is 1.92. The number of nitrogens with zero attached hydrogens (tertiary/aromatic N) is 3. The van der Waals surface area contributed by atoms with Crippen LogP contribution in [0, 0.1) is 6.92 Å². The molecular weight excluding hydrogens is 244 g/mol. The molecule has 0 spiro atoms. The van der Waals surface area contributed by atoms with Crippen molar-refractivity contribution < 1.29 is 4.74 Å². The van der Waals surface area contributed by atoms with Crippen LogP contribution in [-0.4, -0.2) is 42.0 Å². The van der Waals surface area contributed by atoms with E-state index in [0.29, 0.717) is 12.5 Å². The minimum absolute atomic E-state index is 0.598. The summed E-state index contributed by atoms with van der Waals surface area (Å²) in [6.45, 7) is 7.65. The van der Waals surface area contributed by atoms with Gasteiger partial charge < -0.3 is 10.1 Å². The highest BCUT2D eigenvalue weighted by molar-refractivity contribution is 5.79. The smallest absolute Gasteiger partial charge is 0.205 e. The Morgan fingerprint density at radius 1 is 1.58 bits per heavy atom. The zero-order chi connectivity index (χ0) is 13.9. The Hall–Kier alpha value is -1.60. The van der Waals surface area contributed by atoms with Crippen molar-refractivity contribution in [3.8, 4) is 0 Å². The van der Waals surface area contributed by atoms with Crippen molar-refractivity contribution in [2.45, 2.75) is 26.8 Å². The SMILES string of the molecule is CCOCCCN=C(NN)NCCn1cc(C)cn1. The molecule has 0 atom stereocenters. The number of hydrogen-bond acceptors (Lipinski definition) is 4. The molecule has 7 heteroatoms. The van der Waals surface area contributed by atoms with Gasteiger partial charge in [-0.15, -0.1) is 0 Å². The van der Waals surface area contributed by atoms with Gasteiger partial charge in [-0.05, 0) is 25.8 Å². The second-order valence-electron chi connectivity index (χ2n) is 4.13. The van der Waals surface area contributed by atoms with Crippen molar-refractivity contribution in [3.05, 3.63) is 18.0 Å². The Kier molecular flexibility index (Phi) is 7.60. The summed E-state index contributed by atoms with van der Waals surface area (Å²) < 4.78 is 7.12. The average molecular weight is 268 g/mol. The van der Waals surface area contributed by atoms with E-state index in [0.717, 1.165) is 38.3 Å². The van der Waals surface area contributed by atoms with Gasteiger partial charge in [-0.25, -0.2) is 5.84 Å². The predicted octanol–water partition coefficient (Wildman–Crippen LogP) is 0.0270. The number of nitrogens with one attached hydrogen (secondary N) is 2. The molecule has 0 radical (unpaired) electrons. The average Bonchev–Trinajstić information content (AvgIpc) is 2.82. The molecule has 1 rings (SSSR count). The fourth-order valence-electron chi connectivity index (χ4n) is 1.53. The molecule has 0 aliphatic heterocycles. The molecule has 1 aromatic rings. The lowest BCUT2D eigenvalue weighted by molar-refractivity contribution is 0.146. The quantitative estimate of drug-likeness (QED) is 0.203. The number of aliphatic imine (C=N–C) groups is 1. The number of nitrogens with two attached hydrogens (primary N) is 1. The third-order valence-electron chi connectivity index (χ3n) is 2.45. The molecule has 0 fully saturated rings. The van der Waals surface area contributed by atoms with Gasteiger partial charge in [-0.3, -0.25) is 15.1 Å². The number of aromatic nitrogens is 2. The third kappa shape index (κ3) is 6.78. The van der Waals surface area contributed by atoms with Crippen LogP contribution in [0.1, 0.15) is 18.9 Å². The molecule has 1 aromatic heterocycles. The van der Waals surface area contributed by atoms with Gasteiger partial charge in [0.05, 0.1) is 12.7 Å². The zero-order valence-corrected chi connectivity index (χ0v) is 11.7. The van der Waals surface area contributed by atoms with Crippen LogP contribution >= 0.6 is 0 Å². The lowest BCUT2D eigenvalue weighted by Gasteiger charge is -2.09. The van der Waals surface area contributed by atoms with E-state index < -0.39 is 0 Å². The van der Waals surface area contributed by atoms with E-state index in [-0.39, 0.29) is 0 Å². The van der Waals surface area contributed by atoms with Crippen molar-refractivity contribution >= 4 is 5.96 Å². The Bertz CT molecular complexity index is 376. The maximum Gasteiger partial charge on any atom is 0.205 e. The molecule has 0 aliphatic carbocycles. The Morgan fingerprint density at radius 3 is 3.05 bits per heavy atom. The van der Waals surface area contributed by atoms with E-state index in [9.17, 15) is 0 Å². The van der Waals surface area contributed by atoms with Crippen molar-refractivity contribution in [3.63, 3.8) is 0 Å². The Balaban J connectivity index is 2.18. The van der Waals surface area contributed by atoms with Gasteiger partial charge in [0.15, 0.2) is 0 Å².